The molecule has 0 aliphatic heterocycles. The lowest BCUT2D eigenvalue weighted by molar-refractivity contribution is -0.135. The SMILES string of the molecule is COC(=O)/C(C#N)=C\c1cc(C(=O)OC)n(-c2ccc(Cl)cc2)c1. The number of methoxy groups -OCH3 is 2. The topological polar surface area (TPSA) is 81.3 Å². The Morgan fingerprint density at radius 1 is 1.21 bits per heavy atom. The van der Waals surface area contributed by atoms with Gasteiger partial charge < -0.3 is 14.0 Å². The Bertz CT molecular complexity index is 844. The van der Waals surface area contributed by atoms with Crippen LogP contribution in [0.5, 0.6) is 0 Å². The summed E-state index contributed by atoms with van der Waals surface area (Å²) in [5.74, 6) is -1.31. The van der Waals surface area contributed by atoms with Crippen molar-refractivity contribution in [2.75, 3.05) is 14.2 Å². The standard InChI is InChI=1S/C17H13ClN2O4/c1-23-16(21)12(9-19)7-11-8-15(17(22)24-2)20(10-11)14-5-3-13(18)4-6-14/h3-8,10H,1-2H3/b12-7-. The van der Waals surface area contributed by atoms with Gasteiger partial charge in [0.15, 0.2) is 0 Å². The van der Waals surface area contributed by atoms with Crippen LogP contribution in [-0.2, 0) is 14.3 Å². The van der Waals surface area contributed by atoms with Gasteiger partial charge in [0.05, 0.1) is 14.2 Å². The van der Waals surface area contributed by atoms with E-state index in [4.69, 9.17) is 21.6 Å². The number of aromatic nitrogens is 1. The molecule has 0 N–H and O–H groups in total. The van der Waals surface area contributed by atoms with E-state index in [9.17, 15) is 9.59 Å². The average Bonchev–Trinajstić information content (AvgIpc) is 3.02. The normalized spacial score (nSPS) is 10.8. The van der Waals surface area contributed by atoms with Crippen LogP contribution < -0.4 is 0 Å². The molecule has 0 spiro atoms. The second kappa shape index (κ2) is 7.49. The minimum atomic E-state index is -0.753. The molecular formula is C17H13ClN2O4. The first-order chi connectivity index (χ1) is 11.5. The van der Waals surface area contributed by atoms with Crippen LogP contribution in [0.25, 0.3) is 11.8 Å². The number of halogens is 1. The number of rotatable bonds is 4. The van der Waals surface area contributed by atoms with Crippen molar-refractivity contribution in [1.29, 1.82) is 5.26 Å². The Kier molecular flexibility index (Phi) is 5.40. The van der Waals surface area contributed by atoms with Crippen LogP contribution in [0.3, 0.4) is 0 Å². The van der Waals surface area contributed by atoms with Crippen molar-refractivity contribution in [1.82, 2.24) is 4.57 Å². The highest BCUT2D eigenvalue weighted by atomic mass is 35.5. The van der Waals surface area contributed by atoms with Crippen LogP contribution >= 0.6 is 11.6 Å². The number of hydrogen-bond donors (Lipinski definition) is 0. The molecule has 0 fully saturated rings. The molecule has 0 saturated heterocycles. The van der Waals surface area contributed by atoms with Crippen LogP contribution in [0.1, 0.15) is 16.1 Å². The number of nitrogens with zero attached hydrogens (tertiary/aromatic N) is 2. The lowest BCUT2D eigenvalue weighted by Gasteiger charge is -2.07. The zero-order valence-corrected chi connectivity index (χ0v) is 13.7. The van der Waals surface area contributed by atoms with Crippen molar-refractivity contribution in [3.8, 4) is 11.8 Å². The van der Waals surface area contributed by atoms with E-state index in [1.165, 1.54) is 26.4 Å². The average molecular weight is 345 g/mol. The zero-order chi connectivity index (χ0) is 17.7. The number of benzene rings is 1. The molecule has 0 amide bonds. The predicted molar refractivity (Wildman–Crippen MR) is 87.7 cm³/mol. The fourth-order valence-electron chi connectivity index (χ4n) is 2.05. The van der Waals surface area contributed by atoms with Crippen molar-refractivity contribution >= 4 is 29.6 Å². The van der Waals surface area contributed by atoms with Crippen molar-refractivity contribution < 1.29 is 19.1 Å². The third-order valence-electron chi connectivity index (χ3n) is 3.18. The van der Waals surface area contributed by atoms with Gasteiger partial charge in [0.25, 0.3) is 0 Å². The predicted octanol–water partition coefficient (Wildman–Crippen LogP) is 3.00. The largest absolute Gasteiger partial charge is 0.465 e. The molecule has 122 valence electrons. The van der Waals surface area contributed by atoms with E-state index >= 15 is 0 Å². The number of carbonyl (C=O) groups is 2. The highest BCUT2D eigenvalue weighted by Crippen LogP contribution is 2.21. The van der Waals surface area contributed by atoms with Gasteiger partial charge >= 0.3 is 11.9 Å². The smallest absolute Gasteiger partial charge is 0.355 e. The lowest BCUT2D eigenvalue weighted by Crippen LogP contribution is -2.08. The van der Waals surface area contributed by atoms with Gasteiger partial charge in [-0.1, -0.05) is 11.6 Å². The summed E-state index contributed by atoms with van der Waals surface area (Å²) in [6.45, 7) is 0. The summed E-state index contributed by atoms with van der Waals surface area (Å²) in [6, 6.07) is 10.1. The maximum Gasteiger partial charge on any atom is 0.355 e. The van der Waals surface area contributed by atoms with Gasteiger partial charge in [-0.3, -0.25) is 0 Å². The van der Waals surface area contributed by atoms with E-state index in [1.54, 1.807) is 41.1 Å². The van der Waals surface area contributed by atoms with Crippen molar-refractivity contribution in [3.05, 3.63) is 58.4 Å². The van der Waals surface area contributed by atoms with Gasteiger partial charge in [0, 0.05) is 16.9 Å². The first-order valence-electron chi connectivity index (χ1n) is 6.77. The quantitative estimate of drug-likeness (QED) is 0.484. The van der Waals surface area contributed by atoms with E-state index in [2.05, 4.69) is 4.74 Å². The van der Waals surface area contributed by atoms with Gasteiger partial charge in [-0.05, 0) is 42.0 Å². The molecule has 24 heavy (non-hydrogen) atoms. The third-order valence-corrected chi connectivity index (χ3v) is 3.43. The Morgan fingerprint density at radius 3 is 2.42 bits per heavy atom. The molecule has 0 saturated carbocycles. The second-order valence-corrected chi connectivity index (χ2v) is 5.09. The maximum absolute atomic E-state index is 12.0. The molecule has 7 heteroatoms. The minimum absolute atomic E-state index is 0.179. The van der Waals surface area contributed by atoms with Gasteiger partial charge in [-0.15, -0.1) is 0 Å². The monoisotopic (exact) mass is 344 g/mol. The number of hydrogen-bond acceptors (Lipinski definition) is 5. The molecule has 0 radical (unpaired) electrons. The summed E-state index contributed by atoms with van der Waals surface area (Å²) < 4.78 is 10.9. The summed E-state index contributed by atoms with van der Waals surface area (Å²) in [5.41, 5.74) is 1.22. The number of esters is 2. The van der Waals surface area contributed by atoms with E-state index in [0.717, 1.165) is 0 Å². The Morgan fingerprint density at radius 2 is 1.88 bits per heavy atom. The highest BCUT2D eigenvalue weighted by molar-refractivity contribution is 6.30. The van der Waals surface area contributed by atoms with Gasteiger partial charge in [0.1, 0.15) is 17.3 Å². The summed E-state index contributed by atoms with van der Waals surface area (Å²) >= 11 is 5.87. The zero-order valence-electron chi connectivity index (χ0n) is 12.9. The van der Waals surface area contributed by atoms with Crippen molar-refractivity contribution in [2.24, 2.45) is 0 Å². The summed E-state index contributed by atoms with van der Waals surface area (Å²) in [6.07, 6.45) is 2.94. The molecule has 1 heterocycles. The molecule has 2 rings (SSSR count). The first-order valence-corrected chi connectivity index (χ1v) is 7.14. The summed E-state index contributed by atoms with van der Waals surface area (Å²) in [4.78, 5) is 23.5. The van der Waals surface area contributed by atoms with Gasteiger partial charge in [-0.2, -0.15) is 5.26 Å². The lowest BCUT2D eigenvalue weighted by atomic mass is 10.2. The molecule has 0 bridgehead atoms. The van der Waals surface area contributed by atoms with Crippen molar-refractivity contribution in [2.45, 2.75) is 0 Å². The van der Waals surface area contributed by atoms with E-state index < -0.39 is 11.9 Å². The number of ether oxygens (including phenoxy) is 2. The molecule has 2 aromatic rings. The molecular weight excluding hydrogens is 332 g/mol. The minimum Gasteiger partial charge on any atom is -0.465 e. The molecule has 0 atom stereocenters. The number of nitriles is 1. The van der Waals surface area contributed by atoms with E-state index in [-0.39, 0.29) is 11.3 Å². The van der Waals surface area contributed by atoms with Crippen LogP contribution in [0, 0.1) is 11.3 Å². The Hall–Kier alpha value is -3.04. The van der Waals surface area contributed by atoms with Gasteiger partial charge in [0.2, 0.25) is 0 Å². The molecule has 0 aliphatic carbocycles. The fraction of sp³-hybridized carbons (Fsp3) is 0.118. The van der Waals surface area contributed by atoms with E-state index in [0.29, 0.717) is 16.3 Å². The van der Waals surface area contributed by atoms with Crippen LogP contribution in [0.4, 0.5) is 0 Å². The van der Waals surface area contributed by atoms with Crippen LogP contribution in [-0.4, -0.2) is 30.7 Å². The second-order valence-electron chi connectivity index (χ2n) is 4.66. The molecule has 0 aliphatic rings. The fourth-order valence-corrected chi connectivity index (χ4v) is 2.18. The molecule has 1 aromatic carbocycles. The van der Waals surface area contributed by atoms with Crippen molar-refractivity contribution in [3.63, 3.8) is 0 Å². The van der Waals surface area contributed by atoms with Crippen LogP contribution in [0.15, 0.2) is 42.1 Å². The molecule has 6 nitrogen and oxygen atoms in total. The first kappa shape index (κ1) is 17.3. The summed E-state index contributed by atoms with van der Waals surface area (Å²) in [5, 5.41) is 9.59. The number of carbonyl (C=O) groups excluding carboxylic acids is 2. The van der Waals surface area contributed by atoms with Crippen LogP contribution in [0.2, 0.25) is 5.02 Å². The van der Waals surface area contributed by atoms with Gasteiger partial charge in [-0.25, -0.2) is 9.59 Å². The molecule has 0 unspecified atom stereocenters. The third kappa shape index (κ3) is 3.65. The highest BCUT2D eigenvalue weighted by Gasteiger charge is 2.16. The summed E-state index contributed by atoms with van der Waals surface area (Å²) in [7, 11) is 2.46. The Balaban J connectivity index is 2.55. The van der Waals surface area contributed by atoms with E-state index in [1.807, 2.05) is 0 Å². The maximum atomic E-state index is 12.0. The molecule has 1 aromatic heterocycles. The Labute approximate surface area is 143 Å².